The molecule has 5 heteroatoms. The Labute approximate surface area is 130 Å². The van der Waals surface area contributed by atoms with Gasteiger partial charge in [0, 0.05) is 19.6 Å². The summed E-state index contributed by atoms with van der Waals surface area (Å²) in [7, 11) is 1.84. The average molecular weight is 379 g/mol. The molecule has 0 unspecified atom stereocenters. The van der Waals surface area contributed by atoms with E-state index in [1.54, 1.807) is 11.3 Å². The van der Waals surface area contributed by atoms with Gasteiger partial charge >= 0.3 is 0 Å². The zero-order valence-electron chi connectivity index (χ0n) is 10.8. The van der Waals surface area contributed by atoms with Crippen molar-refractivity contribution >= 4 is 41.3 Å². The number of nitrogens with zero attached hydrogens (tertiary/aromatic N) is 1. The van der Waals surface area contributed by atoms with Crippen LogP contribution in [0.4, 0.5) is 0 Å². The van der Waals surface area contributed by atoms with Crippen molar-refractivity contribution in [2.75, 3.05) is 7.05 Å². The van der Waals surface area contributed by atoms with E-state index in [0.29, 0.717) is 6.04 Å². The molecule has 0 aromatic carbocycles. The fourth-order valence-corrected chi connectivity index (χ4v) is 2.88. The molecule has 0 aliphatic heterocycles. The van der Waals surface area contributed by atoms with Crippen LogP contribution in [0.3, 0.4) is 0 Å². The summed E-state index contributed by atoms with van der Waals surface area (Å²) in [6.07, 6.45) is 6.63. The highest BCUT2D eigenvalue weighted by atomic mass is 127. The quantitative estimate of drug-likeness (QED) is 0.480. The molecule has 0 radical (unpaired) electrons. The van der Waals surface area contributed by atoms with E-state index in [1.165, 1.54) is 37.7 Å². The van der Waals surface area contributed by atoms with E-state index < -0.39 is 0 Å². The van der Waals surface area contributed by atoms with Crippen molar-refractivity contribution < 1.29 is 0 Å². The van der Waals surface area contributed by atoms with Crippen LogP contribution in [0.2, 0.25) is 0 Å². The van der Waals surface area contributed by atoms with Crippen molar-refractivity contribution in [1.82, 2.24) is 10.6 Å². The molecule has 0 spiro atoms. The minimum Gasteiger partial charge on any atom is -0.354 e. The largest absolute Gasteiger partial charge is 0.354 e. The monoisotopic (exact) mass is 379 g/mol. The summed E-state index contributed by atoms with van der Waals surface area (Å²) in [5.41, 5.74) is 1.32. The molecule has 1 fully saturated rings. The molecule has 2 N–H and O–H groups in total. The minimum atomic E-state index is 0. The van der Waals surface area contributed by atoms with Gasteiger partial charge in [-0.3, -0.25) is 4.99 Å². The van der Waals surface area contributed by atoms with Crippen molar-refractivity contribution in [3.8, 4) is 0 Å². The van der Waals surface area contributed by atoms with Crippen LogP contribution in [-0.4, -0.2) is 19.0 Å². The van der Waals surface area contributed by atoms with Gasteiger partial charge < -0.3 is 10.6 Å². The Morgan fingerprint density at radius 2 is 2.17 bits per heavy atom. The highest BCUT2D eigenvalue weighted by Gasteiger charge is 2.14. The summed E-state index contributed by atoms with van der Waals surface area (Å²) in [5, 5.41) is 11.1. The van der Waals surface area contributed by atoms with E-state index in [4.69, 9.17) is 0 Å². The number of hydrogen-bond donors (Lipinski definition) is 2. The Morgan fingerprint density at radius 1 is 1.39 bits per heavy atom. The Hall–Kier alpha value is -0.300. The standard InChI is InChI=1S/C13H21N3S.HI/c1-14-13(15-9-11-7-8-17-10-11)16-12-5-3-2-4-6-12;/h7-8,10,12H,2-6,9H2,1H3,(H2,14,15,16);1H. The lowest BCUT2D eigenvalue weighted by Crippen LogP contribution is -2.43. The fourth-order valence-electron chi connectivity index (χ4n) is 2.21. The molecule has 18 heavy (non-hydrogen) atoms. The molecule has 3 nitrogen and oxygen atoms in total. The van der Waals surface area contributed by atoms with Crippen molar-refractivity contribution in [2.24, 2.45) is 4.99 Å². The summed E-state index contributed by atoms with van der Waals surface area (Å²) in [5.74, 6) is 0.933. The lowest BCUT2D eigenvalue weighted by Gasteiger charge is -2.24. The first-order valence-corrected chi connectivity index (χ1v) is 7.31. The molecule has 1 heterocycles. The molecule has 2 rings (SSSR count). The van der Waals surface area contributed by atoms with E-state index in [-0.39, 0.29) is 24.0 Å². The van der Waals surface area contributed by atoms with Crippen LogP contribution in [0.15, 0.2) is 21.8 Å². The first-order valence-electron chi connectivity index (χ1n) is 6.37. The molecule has 1 aromatic rings. The summed E-state index contributed by atoms with van der Waals surface area (Å²) < 4.78 is 0. The van der Waals surface area contributed by atoms with Gasteiger partial charge in [0.15, 0.2) is 5.96 Å². The number of hydrogen-bond acceptors (Lipinski definition) is 2. The van der Waals surface area contributed by atoms with Crippen LogP contribution in [-0.2, 0) is 6.54 Å². The van der Waals surface area contributed by atoms with Crippen LogP contribution >= 0.6 is 35.3 Å². The Morgan fingerprint density at radius 3 is 2.78 bits per heavy atom. The maximum Gasteiger partial charge on any atom is 0.191 e. The highest BCUT2D eigenvalue weighted by molar-refractivity contribution is 14.0. The maximum atomic E-state index is 4.28. The van der Waals surface area contributed by atoms with E-state index in [9.17, 15) is 0 Å². The molecule has 1 saturated carbocycles. The first kappa shape index (κ1) is 15.8. The topological polar surface area (TPSA) is 36.4 Å². The molecular weight excluding hydrogens is 357 g/mol. The van der Waals surface area contributed by atoms with Crippen LogP contribution in [0, 0.1) is 0 Å². The third-order valence-electron chi connectivity index (χ3n) is 3.21. The smallest absolute Gasteiger partial charge is 0.191 e. The predicted molar refractivity (Wildman–Crippen MR) is 89.9 cm³/mol. The normalized spacial score (nSPS) is 17.1. The van der Waals surface area contributed by atoms with Gasteiger partial charge in [-0.15, -0.1) is 24.0 Å². The van der Waals surface area contributed by atoms with Gasteiger partial charge in [0.25, 0.3) is 0 Å². The molecule has 1 aromatic heterocycles. The molecular formula is C13H22IN3S. The summed E-state index contributed by atoms with van der Waals surface area (Å²) in [6.45, 7) is 0.857. The third kappa shape index (κ3) is 5.14. The second-order valence-corrected chi connectivity index (χ2v) is 5.32. The zero-order valence-corrected chi connectivity index (χ0v) is 14.0. The highest BCUT2D eigenvalue weighted by Crippen LogP contribution is 2.17. The van der Waals surface area contributed by atoms with Crippen LogP contribution in [0.5, 0.6) is 0 Å². The van der Waals surface area contributed by atoms with Gasteiger partial charge in [-0.25, -0.2) is 0 Å². The SMILES string of the molecule is CN=C(NCc1ccsc1)NC1CCCCC1.I. The van der Waals surface area contributed by atoms with E-state index >= 15 is 0 Å². The molecule has 0 atom stereocenters. The molecule has 1 aliphatic rings. The van der Waals surface area contributed by atoms with Gasteiger partial charge in [-0.2, -0.15) is 11.3 Å². The number of aliphatic imine (C=N–C) groups is 1. The molecule has 0 bridgehead atoms. The van der Waals surface area contributed by atoms with Crippen LogP contribution in [0.25, 0.3) is 0 Å². The number of guanidine groups is 1. The Balaban J connectivity index is 0.00000162. The van der Waals surface area contributed by atoms with Crippen LogP contribution in [0.1, 0.15) is 37.7 Å². The van der Waals surface area contributed by atoms with E-state index in [0.717, 1.165) is 12.5 Å². The van der Waals surface area contributed by atoms with Gasteiger partial charge in [-0.1, -0.05) is 19.3 Å². The van der Waals surface area contributed by atoms with Gasteiger partial charge in [0.1, 0.15) is 0 Å². The molecule has 102 valence electrons. The number of nitrogens with one attached hydrogen (secondary N) is 2. The molecule has 1 aliphatic carbocycles. The fraction of sp³-hybridized carbons (Fsp3) is 0.615. The Bertz CT molecular complexity index is 345. The lowest BCUT2D eigenvalue weighted by atomic mass is 9.96. The van der Waals surface area contributed by atoms with Crippen LogP contribution < -0.4 is 10.6 Å². The predicted octanol–water partition coefficient (Wildman–Crippen LogP) is 3.36. The van der Waals surface area contributed by atoms with Crippen molar-refractivity contribution in [3.05, 3.63) is 22.4 Å². The minimum absolute atomic E-state index is 0. The zero-order chi connectivity index (χ0) is 11.9. The summed E-state index contributed by atoms with van der Waals surface area (Å²) >= 11 is 1.73. The third-order valence-corrected chi connectivity index (χ3v) is 3.94. The molecule has 0 amide bonds. The number of rotatable bonds is 3. The Kier molecular flexibility index (Phi) is 7.65. The number of halogens is 1. The van der Waals surface area contributed by atoms with Gasteiger partial charge in [0.05, 0.1) is 0 Å². The second-order valence-electron chi connectivity index (χ2n) is 4.54. The maximum absolute atomic E-state index is 4.28. The molecule has 0 saturated heterocycles. The first-order chi connectivity index (χ1) is 8.38. The summed E-state index contributed by atoms with van der Waals surface area (Å²) in [6, 6.07) is 2.75. The van der Waals surface area contributed by atoms with E-state index in [2.05, 4.69) is 32.5 Å². The van der Waals surface area contributed by atoms with Crippen molar-refractivity contribution in [1.29, 1.82) is 0 Å². The second kappa shape index (κ2) is 8.74. The number of thiophene rings is 1. The van der Waals surface area contributed by atoms with Gasteiger partial charge in [-0.05, 0) is 35.2 Å². The van der Waals surface area contributed by atoms with E-state index in [1.807, 2.05) is 7.05 Å². The lowest BCUT2D eigenvalue weighted by molar-refractivity contribution is 0.410. The van der Waals surface area contributed by atoms with Crippen molar-refractivity contribution in [2.45, 2.75) is 44.7 Å². The van der Waals surface area contributed by atoms with Gasteiger partial charge in [0.2, 0.25) is 0 Å². The summed E-state index contributed by atoms with van der Waals surface area (Å²) in [4.78, 5) is 4.28. The average Bonchev–Trinajstić information content (AvgIpc) is 2.89. The van der Waals surface area contributed by atoms with Crippen molar-refractivity contribution in [3.63, 3.8) is 0 Å².